The van der Waals surface area contributed by atoms with E-state index in [1.54, 1.807) is 0 Å². The van der Waals surface area contributed by atoms with Crippen LogP contribution in [0.15, 0.2) is 0 Å². The summed E-state index contributed by atoms with van der Waals surface area (Å²) in [7, 11) is 0. The average Bonchev–Trinajstić information content (AvgIpc) is 2.23. The Balaban J connectivity index is 1.77. The molecule has 0 aromatic rings. The maximum atomic E-state index is 12.0. The summed E-state index contributed by atoms with van der Waals surface area (Å²) in [6.07, 6.45) is 3.78. The lowest BCUT2D eigenvalue weighted by atomic mass is 9.92. The van der Waals surface area contributed by atoms with Crippen molar-refractivity contribution in [2.75, 3.05) is 26.2 Å². The van der Waals surface area contributed by atoms with Crippen molar-refractivity contribution in [3.8, 4) is 0 Å². The number of carbonyl (C=O) groups is 1. The highest BCUT2D eigenvalue weighted by molar-refractivity contribution is 5.81. The van der Waals surface area contributed by atoms with Crippen molar-refractivity contribution >= 4 is 5.91 Å². The van der Waals surface area contributed by atoms with Crippen LogP contribution in [0.3, 0.4) is 0 Å². The minimum Gasteiger partial charge on any atom is -0.339 e. The molecular formula is C11H21N3O. The van der Waals surface area contributed by atoms with E-state index in [-0.39, 0.29) is 11.9 Å². The smallest absolute Gasteiger partial charge is 0.239 e. The lowest BCUT2D eigenvalue weighted by Gasteiger charge is -2.34. The summed E-state index contributed by atoms with van der Waals surface area (Å²) in [6, 6.07) is 0.584. The molecule has 15 heavy (non-hydrogen) atoms. The Bertz CT molecular complexity index is 222. The molecule has 2 rings (SSSR count). The molecular weight excluding hydrogens is 190 g/mol. The number of piperazine rings is 1. The molecule has 1 unspecified atom stereocenters. The molecule has 1 heterocycles. The summed E-state index contributed by atoms with van der Waals surface area (Å²) in [5.41, 5.74) is 0. The summed E-state index contributed by atoms with van der Waals surface area (Å²) in [5, 5.41) is 6.66. The lowest BCUT2D eigenvalue weighted by Crippen LogP contribution is -2.54. The molecule has 2 N–H and O–H groups in total. The summed E-state index contributed by atoms with van der Waals surface area (Å²) >= 11 is 0. The molecule has 1 saturated heterocycles. The van der Waals surface area contributed by atoms with E-state index in [0.717, 1.165) is 26.2 Å². The summed E-state index contributed by atoms with van der Waals surface area (Å²) < 4.78 is 0. The molecule has 86 valence electrons. The molecule has 4 heteroatoms. The zero-order chi connectivity index (χ0) is 10.7. The van der Waals surface area contributed by atoms with Gasteiger partial charge in [-0.1, -0.05) is 6.42 Å². The lowest BCUT2D eigenvalue weighted by molar-refractivity contribution is -0.134. The van der Waals surface area contributed by atoms with Crippen molar-refractivity contribution in [3.63, 3.8) is 0 Å². The highest BCUT2D eigenvalue weighted by Crippen LogP contribution is 2.18. The molecule has 2 fully saturated rings. The fraction of sp³-hybridized carbons (Fsp3) is 0.909. The predicted molar refractivity (Wildman–Crippen MR) is 59.7 cm³/mol. The Morgan fingerprint density at radius 3 is 2.60 bits per heavy atom. The number of hydrogen-bond donors (Lipinski definition) is 2. The number of hydrogen-bond acceptors (Lipinski definition) is 3. The van der Waals surface area contributed by atoms with E-state index in [1.165, 1.54) is 19.3 Å². The molecule has 1 saturated carbocycles. The van der Waals surface area contributed by atoms with E-state index in [2.05, 4.69) is 10.6 Å². The Kier molecular flexibility index (Phi) is 3.59. The predicted octanol–water partition coefficient (Wildman–Crippen LogP) is -0.0512. The fourth-order valence-electron chi connectivity index (χ4n) is 2.16. The number of carbonyl (C=O) groups excluding carboxylic acids is 1. The largest absolute Gasteiger partial charge is 0.339 e. The van der Waals surface area contributed by atoms with E-state index in [1.807, 2.05) is 11.8 Å². The first kappa shape index (κ1) is 10.9. The van der Waals surface area contributed by atoms with Crippen LogP contribution in [0.4, 0.5) is 0 Å². The van der Waals surface area contributed by atoms with Gasteiger partial charge in [0.2, 0.25) is 5.91 Å². The zero-order valence-corrected chi connectivity index (χ0v) is 9.46. The topological polar surface area (TPSA) is 44.4 Å². The van der Waals surface area contributed by atoms with Crippen molar-refractivity contribution in [1.82, 2.24) is 15.5 Å². The third-order valence-corrected chi connectivity index (χ3v) is 3.39. The van der Waals surface area contributed by atoms with Gasteiger partial charge in [-0.05, 0) is 19.8 Å². The minimum atomic E-state index is -0.00611. The second kappa shape index (κ2) is 4.94. The normalized spacial score (nSPS) is 24.7. The van der Waals surface area contributed by atoms with Crippen LogP contribution in [0.25, 0.3) is 0 Å². The van der Waals surface area contributed by atoms with Crippen LogP contribution in [-0.2, 0) is 4.79 Å². The van der Waals surface area contributed by atoms with Crippen LogP contribution in [0.5, 0.6) is 0 Å². The van der Waals surface area contributed by atoms with Crippen molar-refractivity contribution in [1.29, 1.82) is 0 Å². The van der Waals surface area contributed by atoms with Crippen LogP contribution in [0.2, 0.25) is 0 Å². The summed E-state index contributed by atoms with van der Waals surface area (Å²) in [6.45, 7) is 5.57. The molecule has 0 aromatic heterocycles. The van der Waals surface area contributed by atoms with Gasteiger partial charge in [0, 0.05) is 32.2 Å². The highest BCUT2D eigenvalue weighted by atomic mass is 16.2. The molecule has 0 bridgehead atoms. The van der Waals surface area contributed by atoms with Gasteiger partial charge in [-0.3, -0.25) is 4.79 Å². The molecule has 1 amide bonds. The van der Waals surface area contributed by atoms with Crippen molar-refractivity contribution in [2.45, 2.75) is 38.3 Å². The van der Waals surface area contributed by atoms with Gasteiger partial charge >= 0.3 is 0 Å². The molecule has 1 atom stereocenters. The minimum absolute atomic E-state index is 0.00611. The Morgan fingerprint density at radius 2 is 2.07 bits per heavy atom. The van der Waals surface area contributed by atoms with Gasteiger partial charge < -0.3 is 15.5 Å². The van der Waals surface area contributed by atoms with Crippen molar-refractivity contribution in [2.24, 2.45) is 0 Å². The fourth-order valence-corrected chi connectivity index (χ4v) is 2.16. The van der Waals surface area contributed by atoms with Gasteiger partial charge in [0.05, 0.1) is 6.04 Å². The number of amides is 1. The van der Waals surface area contributed by atoms with Crippen LogP contribution < -0.4 is 10.6 Å². The van der Waals surface area contributed by atoms with Gasteiger partial charge in [-0.2, -0.15) is 0 Å². The SMILES string of the molecule is CC(NC1CCC1)C(=O)N1CCNCC1. The molecule has 0 spiro atoms. The second-order valence-corrected chi connectivity index (χ2v) is 4.59. The monoisotopic (exact) mass is 211 g/mol. The molecule has 2 aliphatic rings. The third kappa shape index (κ3) is 2.69. The van der Waals surface area contributed by atoms with Crippen molar-refractivity contribution < 1.29 is 4.79 Å². The van der Waals surface area contributed by atoms with E-state index in [9.17, 15) is 4.79 Å². The Labute approximate surface area is 91.4 Å². The maximum Gasteiger partial charge on any atom is 0.239 e. The standard InChI is InChI=1S/C11H21N3O/c1-9(13-10-3-2-4-10)11(15)14-7-5-12-6-8-14/h9-10,12-13H,2-8H2,1H3. The average molecular weight is 211 g/mol. The third-order valence-electron chi connectivity index (χ3n) is 3.39. The molecule has 0 aromatic carbocycles. The number of nitrogens with one attached hydrogen (secondary N) is 2. The van der Waals surface area contributed by atoms with Gasteiger partial charge in [0.25, 0.3) is 0 Å². The quantitative estimate of drug-likeness (QED) is 0.688. The van der Waals surface area contributed by atoms with Crippen LogP contribution >= 0.6 is 0 Å². The Morgan fingerprint density at radius 1 is 1.40 bits per heavy atom. The van der Waals surface area contributed by atoms with Gasteiger partial charge in [0.1, 0.15) is 0 Å². The molecule has 1 aliphatic carbocycles. The van der Waals surface area contributed by atoms with E-state index >= 15 is 0 Å². The van der Waals surface area contributed by atoms with E-state index in [4.69, 9.17) is 0 Å². The van der Waals surface area contributed by atoms with Gasteiger partial charge in [-0.15, -0.1) is 0 Å². The first-order valence-electron chi connectivity index (χ1n) is 6.03. The van der Waals surface area contributed by atoms with Gasteiger partial charge in [-0.25, -0.2) is 0 Å². The van der Waals surface area contributed by atoms with E-state index < -0.39 is 0 Å². The van der Waals surface area contributed by atoms with Crippen LogP contribution in [-0.4, -0.2) is 49.1 Å². The summed E-state index contributed by atoms with van der Waals surface area (Å²) in [4.78, 5) is 14.0. The highest BCUT2D eigenvalue weighted by Gasteiger charge is 2.26. The van der Waals surface area contributed by atoms with Crippen LogP contribution in [0, 0.1) is 0 Å². The summed E-state index contributed by atoms with van der Waals surface area (Å²) in [5.74, 6) is 0.267. The van der Waals surface area contributed by atoms with Crippen LogP contribution in [0.1, 0.15) is 26.2 Å². The molecule has 0 radical (unpaired) electrons. The zero-order valence-electron chi connectivity index (χ0n) is 9.46. The Hall–Kier alpha value is -0.610. The number of rotatable bonds is 3. The molecule has 1 aliphatic heterocycles. The first-order valence-corrected chi connectivity index (χ1v) is 6.03. The van der Waals surface area contributed by atoms with Gasteiger partial charge in [0.15, 0.2) is 0 Å². The number of nitrogens with zero attached hydrogens (tertiary/aromatic N) is 1. The van der Waals surface area contributed by atoms with Crippen molar-refractivity contribution in [3.05, 3.63) is 0 Å². The molecule has 4 nitrogen and oxygen atoms in total. The first-order chi connectivity index (χ1) is 7.27. The maximum absolute atomic E-state index is 12.0. The second-order valence-electron chi connectivity index (χ2n) is 4.59. The van der Waals surface area contributed by atoms with E-state index in [0.29, 0.717) is 6.04 Å².